The third-order valence-corrected chi connectivity index (χ3v) is 7.33. The molecule has 0 radical (unpaired) electrons. The number of nitrogens with one attached hydrogen (secondary N) is 2. The predicted octanol–water partition coefficient (Wildman–Crippen LogP) is 3.98. The summed E-state index contributed by atoms with van der Waals surface area (Å²) in [6.45, 7) is 15.0. The molecular formula is C27H52N4O3. The third kappa shape index (κ3) is 11.6. The lowest BCUT2D eigenvalue weighted by atomic mass is 9.95. The third-order valence-electron chi connectivity index (χ3n) is 7.33. The minimum Gasteiger partial charge on any atom is -0.317 e. The summed E-state index contributed by atoms with van der Waals surface area (Å²) >= 11 is 0. The van der Waals surface area contributed by atoms with E-state index in [0.29, 0.717) is 6.61 Å². The molecule has 1 unspecified atom stereocenters. The van der Waals surface area contributed by atoms with Crippen molar-refractivity contribution in [2.75, 3.05) is 52.4 Å². The van der Waals surface area contributed by atoms with Crippen molar-refractivity contribution in [3.05, 3.63) is 0 Å². The Labute approximate surface area is 208 Å². The lowest BCUT2D eigenvalue weighted by Gasteiger charge is -2.17. The molecule has 2 atom stereocenters. The fraction of sp³-hybridized carbons (Fsp3) is 0.926. The number of rotatable bonds is 20. The second kappa shape index (κ2) is 17.4. The van der Waals surface area contributed by atoms with Gasteiger partial charge in [0.1, 0.15) is 0 Å². The van der Waals surface area contributed by atoms with Crippen molar-refractivity contribution < 1.29 is 14.4 Å². The van der Waals surface area contributed by atoms with Crippen LogP contribution in [0.3, 0.4) is 0 Å². The van der Waals surface area contributed by atoms with Crippen LogP contribution in [-0.4, -0.2) is 74.2 Å². The fourth-order valence-electron chi connectivity index (χ4n) is 4.90. The second-order valence-electron chi connectivity index (χ2n) is 10.7. The van der Waals surface area contributed by atoms with Gasteiger partial charge in [-0.3, -0.25) is 14.4 Å². The number of nitrogens with zero attached hydrogens (tertiary/aromatic N) is 2. The van der Waals surface area contributed by atoms with Crippen molar-refractivity contribution in [3.63, 3.8) is 0 Å². The number of unbranched alkanes of at least 4 members (excludes halogenated alkanes) is 6. The number of hydrogen-bond donors (Lipinski definition) is 2. The standard InChI is InChI=1S/C27H52N4O3/c1-23(2)25-13-19-30(22-25)18-11-6-4-5-8-14-28-15-9-7-10-16-29-17-12-20-34-31-26(32)21-24(3)27(31)33/h23-25,28-29H,4-22H2,1-3H3/t24?,25-/m1/s1. The van der Waals surface area contributed by atoms with Crippen molar-refractivity contribution in [2.24, 2.45) is 17.8 Å². The van der Waals surface area contributed by atoms with Crippen LogP contribution in [0.5, 0.6) is 0 Å². The zero-order valence-corrected chi connectivity index (χ0v) is 22.3. The summed E-state index contributed by atoms with van der Waals surface area (Å²) in [5.41, 5.74) is 0. The molecule has 0 aliphatic carbocycles. The highest BCUT2D eigenvalue weighted by Crippen LogP contribution is 2.23. The zero-order chi connectivity index (χ0) is 24.6. The number of likely N-dealkylation sites (tertiary alicyclic amines) is 1. The van der Waals surface area contributed by atoms with E-state index in [2.05, 4.69) is 29.4 Å². The van der Waals surface area contributed by atoms with Gasteiger partial charge < -0.3 is 15.5 Å². The second-order valence-corrected chi connectivity index (χ2v) is 10.7. The lowest BCUT2D eigenvalue weighted by molar-refractivity contribution is -0.188. The molecule has 0 aromatic heterocycles. The Morgan fingerprint density at radius 1 is 0.882 bits per heavy atom. The number of hydroxylamine groups is 2. The van der Waals surface area contributed by atoms with Crippen LogP contribution in [0.15, 0.2) is 0 Å². The van der Waals surface area contributed by atoms with Crippen LogP contribution >= 0.6 is 0 Å². The summed E-state index contributed by atoms with van der Waals surface area (Å²) < 4.78 is 0. The molecule has 2 aliphatic rings. The van der Waals surface area contributed by atoms with E-state index in [4.69, 9.17) is 4.84 Å². The summed E-state index contributed by atoms with van der Waals surface area (Å²) in [5.74, 6) is 1.11. The highest BCUT2D eigenvalue weighted by Gasteiger charge is 2.36. The van der Waals surface area contributed by atoms with Crippen LogP contribution in [0, 0.1) is 17.8 Å². The van der Waals surface area contributed by atoms with Gasteiger partial charge in [0, 0.05) is 18.9 Å². The molecule has 7 nitrogen and oxygen atoms in total. The number of hydrogen-bond acceptors (Lipinski definition) is 6. The SMILES string of the molecule is CC1CC(=O)N(OCCCNCCCCCNCCCCCCCN2CC[C@@H](C(C)C)C2)C1=O. The summed E-state index contributed by atoms with van der Waals surface area (Å²) in [6, 6.07) is 0. The summed E-state index contributed by atoms with van der Waals surface area (Å²) in [4.78, 5) is 31.4. The Balaban J connectivity index is 1.24. The first-order valence-electron chi connectivity index (χ1n) is 14.1. The van der Waals surface area contributed by atoms with Crippen LogP contribution in [0.4, 0.5) is 0 Å². The van der Waals surface area contributed by atoms with E-state index >= 15 is 0 Å². The minimum atomic E-state index is -0.243. The van der Waals surface area contributed by atoms with Crippen molar-refractivity contribution in [1.29, 1.82) is 0 Å². The van der Waals surface area contributed by atoms with Gasteiger partial charge in [0.15, 0.2) is 0 Å². The molecule has 0 aromatic rings. The molecule has 2 saturated heterocycles. The maximum atomic E-state index is 11.7. The first-order valence-corrected chi connectivity index (χ1v) is 14.1. The van der Waals surface area contributed by atoms with Crippen molar-refractivity contribution in [1.82, 2.24) is 20.6 Å². The molecule has 2 amide bonds. The maximum absolute atomic E-state index is 11.7. The monoisotopic (exact) mass is 480 g/mol. The molecule has 2 aliphatic heterocycles. The van der Waals surface area contributed by atoms with Crippen LogP contribution in [0.25, 0.3) is 0 Å². The van der Waals surface area contributed by atoms with Crippen LogP contribution in [0.2, 0.25) is 0 Å². The Kier molecular flexibility index (Phi) is 15.0. The van der Waals surface area contributed by atoms with Crippen molar-refractivity contribution >= 4 is 11.8 Å². The first-order chi connectivity index (χ1) is 16.5. The van der Waals surface area contributed by atoms with E-state index < -0.39 is 0 Å². The molecular weight excluding hydrogens is 428 g/mol. The lowest BCUT2D eigenvalue weighted by Crippen LogP contribution is -2.31. The molecule has 34 heavy (non-hydrogen) atoms. The molecule has 2 heterocycles. The molecule has 0 saturated carbocycles. The van der Waals surface area contributed by atoms with Crippen LogP contribution in [-0.2, 0) is 14.4 Å². The van der Waals surface area contributed by atoms with E-state index in [1.165, 1.54) is 77.4 Å². The van der Waals surface area contributed by atoms with Crippen molar-refractivity contribution in [2.45, 2.75) is 91.4 Å². The normalized spacial score (nSPS) is 21.5. The van der Waals surface area contributed by atoms with Gasteiger partial charge in [-0.1, -0.05) is 46.5 Å². The number of carbonyl (C=O) groups is 2. The first kappa shape index (κ1) is 29.2. The smallest absolute Gasteiger partial charge is 0.256 e. The molecule has 7 heteroatoms. The van der Waals surface area contributed by atoms with E-state index in [0.717, 1.165) is 49.5 Å². The van der Waals surface area contributed by atoms with E-state index in [1.807, 2.05) is 0 Å². The zero-order valence-electron chi connectivity index (χ0n) is 22.3. The topological polar surface area (TPSA) is 73.9 Å². The van der Waals surface area contributed by atoms with Gasteiger partial charge >= 0.3 is 0 Å². The summed E-state index contributed by atoms with van der Waals surface area (Å²) in [5, 5.41) is 7.95. The number of imide groups is 1. The van der Waals surface area contributed by atoms with Gasteiger partial charge in [-0.2, -0.15) is 5.06 Å². The average molecular weight is 481 g/mol. The fourth-order valence-corrected chi connectivity index (χ4v) is 4.90. The predicted molar refractivity (Wildman–Crippen MR) is 138 cm³/mol. The van der Waals surface area contributed by atoms with E-state index in [-0.39, 0.29) is 24.2 Å². The van der Waals surface area contributed by atoms with Gasteiger partial charge in [-0.15, -0.1) is 0 Å². The Morgan fingerprint density at radius 2 is 1.47 bits per heavy atom. The number of carbonyl (C=O) groups excluding carboxylic acids is 2. The summed E-state index contributed by atoms with van der Waals surface area (Å²) in [7, 11) is 0. The minimum absolute atomic E-state index is 0.209. The molecule has 2 rings (SSSR count). The van der Waals surface area contributed by atoms with Crippen molar-refractivity contribution in [3.8, 4) is 0 Å². The van der Waals surface area contributed by atoms with E-state index in [1.54, 1.807) is 6.92 Å². The Bertz CT molecular complexity index is 572. The van der Waals surface area contributed by atoms with E-state index in [9.17, 15) is 9.59 Å². The number of amides is 2. The van der Waals surface area contributed by atoms with Gasteiger partial charge in [0.25, 0.3) is 11.8 Å². The molecule has 198 valence electrons. The molecule has 0 spiro atoms. The van der Waals surface area contributed by atoms with Gasteiger partial charge in [-0.25, -0.2) is 0 Å². The largest absolute Gasteiger partial charge is 0.317 e. The molecule has 0 bridgehead atoms. The Morgan fingerprint density at radius 3 is 2.06 bits per heavy atom. The Hall–Kier alpha value is -1.02. The van der Waals surface area contributed by atoms with Crippen LogP contribution < -0.4 is 10.6 Å². The molecule has 2 fully saturated rings. The van der Waals surface area contributed by atoms with Gasteiger partial charge in [0.05, 0.1) is 6.61 Å². The molecule has 2 N–H and O–H groups in total. The highest BCUT2D eigenvalue weighted by atomic mass is 16.7. The average Bonchev–Trinajstić information content (AvgIpc) is 3.38. The highest BCUT2D eigenvalue weighted by molar-refractivity contribution is 6.02. The molecule has 0 aromatic carbocycles. The van der Waals surface area contributed by atoms with Gasteiger partial charge in [0.2, 0.25) is 0 Å². The maximum Gasteiger partial charge on any atom is 0.256 e. The van der Waals surface area contributed by atoms with Crippen LogP contribution in [0.1, 0.15) is 91.4 Å². The van der Waals surface area contributed by atoms with Gasteiger partial charge in [-0.05, 0) is 89.6 Å². The summed E-state index contributed by atoms with van der Waals surface area (Å²) in [6.07, 6.45) is 12.9. The quantitative estimate of drug-likeness (QED) is 0.203.